The second-order valence-electron chi connectivity index (χ2n) is 6.31. The molecule has 0 atom stereocenters. The first-order valence-corrected chi connectivity index (χ1v) is 8.83. The lowest BCUT2D eigenvalue weighted by molar-refractivity contribution is 0.0697. The maximum atomic E-state index is 11.0. The third-order valence-electron chi connectivity index (χ3n) is 4.19. The van der Waals surface area contributed by atoms with Crippen LogP contribution in [0.15, 0.2) is 72.8 Å². The molecule has 0 radical (unpaired) electrons. The molecular weight excluding hydrogens is 356 g/mol. The number of aromatic nitrogens is 2. The van der Waals surface area contributed by atoms with Crippen LogP contribution in [-0.4, -0.2) is 34.3 Å². The Bertz CT molecular complexity index is 914. The molecule has 1 aromatic heterocycles. The van der Waals surface area contributed by atoms with Crippen LogP contribution in [0.25, 0.3) is 6.08 Å². The molecule has 0 aliphatic carbocycles. The summed E-state index contributed by atoms with van der Waals surface area (Å²) in [5.74, 6) is -0.119. The van der Waals surface area contributed by atoms with Crippen molar-refractivity contribution in [2.45, 2.75) is 13.2 Å². The normalized spacial score (nSPS) is 11.4. The molecule has 2 aromatic carbocycles. The molecule has 0 spiro atoms. The highest BCUT2D eigenvalue weighted by Crippen LogP contribution is 2.14. The Balaban J connectivity index is 1.68. The van der Waals surface area contributed by atoms with Gasteiger partial charge in [-0.3, -0.25) is 0 Å². The van der Waals surface area contributed by atoms with E-state index in [-0.39, 0.29) is 5.56 Å². The van der Waals surface area contributed by atoms with Crippen molar-refractivity contribution < 1.29 is 19.4 Å². The summed E-state index contributed by atoms with van der Waals surface area (Å²) in [6.45, 7) is 1.58. The zero-order valence-electron chi connectivity index (χ0n) is 15.6. The number of benzene rings is 2. The van der Waals surface area contributed by atoms with E-state index >= 15 is 0 Å². The topological polar surface area (TPSA) is 73.6 Å². The van der Waals surface area contributed by atoms with Gasteiger partial charge in [-0.25, -0.2) is 9.78 Å². The number of methoxy groups -OCH3 is 1. The molecular formula is C22H22N2O4. The van der Waals surface area contributed by atoms with Gasteiger partial charge in [-0.15, -0.1) is 0 Å². The van der Waals surface area contributed by atoms with Gasteiger partial charge in [0.2, 0.25) is 0 Å². The summed E-state index contributed by atoms with van der Waals surface area (Å²) in [6.07, 6.45) is 7.40. The first-order chi connectivity index (χ1) is 13.6. The summed E-state index contributed by atoms with van der Waals surface area (Å²) < 4.78 is 13.0. The van der Waals surface area contributed by atoms with Crippen molar-refractivity contribution in [2.24, 2.45) is 0 Å². The first kappa shape index (κ1) is 19.4. The smallest absolute Gasteiger partial charge is 0.335 e. The molecule has 6 heteroatoms. The second kappa shape index (κ2) is 9.53. The molecule has 0 saturated carbocycles. The van der Waals surface area contributed by atoms with E-state index in [1.807, 2.05) is 41.1 Å². The average Bonchev–Trinajstić information content (AvgIpc) is 3.22. The third kappa shape index (κ3) is 5.56. The van der Waals surface area contributed by atoms with Crippen molar-refractivity contribution in [3.63, 3.8) is 0 Å². The predicted molar refractivity (Wildman–Crippen MR) is 106 cm³/mol. The number of imidazole rings is 1. The van der Waals surface area contributed by atoms with Crippen LogP contribution < -0.4 is 4.74 Å². The van der Waals surface area contributed by atoms with E-state index in [0.717, 1.165) is 22.4 Å². The average molecular weight is 378 g/mol. The Morgan fingerprint density at radius 1 is 1.14 bits per heavy atom. The minimum atomic E-state index is -0.933. The largest absolute Gasteiger partial charge is 0.497 e. The molecule has 0 fully saturated rings. The summed E-state index contributed by atoms with van der Waals surface area (Å²) in [6, 6.07) is 14.5. The molecule has 0 amide bonds. The van der Waals surface area contributed by atoms with Crippen LogP contribution in [0.2, 0.25) is 0 Å². The fourth-order valence-electron chi connectivity index (χ4n) is 2.73. The molecule has 3 rings (SSSR count). The summed E-state index contributed by atoms with van der Waals surface area (Å²) in [7, 11) is 1.64. The Morgan fingerprint density at radius 2 is 1.89 bits per heavy atom. The lowest BCUT2D eigenvalue weighted by Gasteiger charge is -2.11. The lowest BCUT2D eigenvalue weighted by Crippen LogP contribution is -2.06. The maximum absolute atomic E-state index is 11.0. The number of nitrogens with zero attached hydrogens (tertiary/aromatic N) is 2. The van der Waals surface area contributed by atoms with Gasteiger partial charge in [0.25, 0.3) is 0 Å². The Morgan fingerprint density at radius 3 is 2.50 bits per heavy atom. The molecule has 1 heterocycles. The summed E-state index contributed by atoms with van der Waals surface area (Å²) in [5, 5.41) is 9.03. The highest BCUT2D eigenvalue weighted by atomic mass is 16.5. The molecule has 0 bridgehead atoms. The number of hydrogen-bond donors (Lipinski definition) is 1. The third-order valence-corrected chi connectivity index (χ3v) is 4.19. The zero-order valence-corrected chi connectivity index (χ0v) is 15.6. The SMILES string of the molecule is COc1ccc(COCC(=Cc2ccc(C(=O)O)cc2)Cn2ccnc2)cc1. The van der Waals surface area contributed by atoms with Crippen molar-refractivity contribution >= 4 is 12.0 Å². The highest BCUT2D eigenvalue weighted by molar-refractivity contribution is 5.87. The molecule has 0 aliphatic rings. The first-order valence-electron chi connectivity index (χ1n) is 8.83. The number of carboxylic acids is 1. The van der Waals surface area contributed by atoms with Crippen molar-refractivity contribution in [2.75, 3.05) is 13.7 Å². The van der Waals surface area contributed by atoms with Gasteiger partial charge < -0.3 is 19.1 Å². The number of aromatic carboxylic acids is 1. The molecule has 0 unspecified atom stereocenters. The Hall–Kier alpha value is -3.38. The molecule has 0 aliphatic heterocycles. The van der Waals surface area contributed by atoms with Gasteiger partial charge >= 0.3 is 5.97 Å². The van der Waals surface area contributed by atoms with E-state index in [4.69, 9.17) is 14.6 Å². The second-order valence-corrected chi connectivity index (χ2v) is 6.31. The fourth-order valence-corrected chi connectivity index (χ4v) is 2.73. The summed E-state index contributed by atoms with van der Waals surface area (Å²) in [4.78, 5) is 15.1. The molecule has 28 heavy (non-hydrogen) atoms. The van der Waals surface area contributed by atoms with Crippen LogP contribution >= 0.6 is 0 Å². The van der Waals surface area contributed by atoms with Gasteiger partial charge in [0.05, 0.1) is 32.2 Å². The summed E-state index contributed by atoms with van der Waals surface area (Å²) >= 11 is 0. The van der Waals surface area contributed by atoms with Gasteiger partial charge in [0.1, 0.15) is 5.75 Å². The number of carbonyl (C=O) groups is 1. The van der Waals surface area contributed by atoms with E-state index in [9.17, 15) is 4.79 Å². The number of hydrogen-bond acceptors (Lipinski definition) is 4. The van der Waals surface area contributed by atoms with E-state index in [0.29, 0.717) is 19.8 Å². The van der Waals surface area contributed by atoms with Crippen molar-refractivity contribution in [1.82, 2.24) is 9.55 Å². The van der Waals surface area contributed by atoms with Crippen LogP contribution in [0.3, 0.4) is 0 Å². The van der Waals surface area contributed by atoms with Crippen molar-refractivity contribution in [1.29, 1.82) is 0 Å². The Labute approximate surface area is 163 Å². The van der Waals surface area contributed by atoms with Gasteiger partial charge in [-0.2, -0.15) is 0 Å². The van der Waals surface area contributed by atoms with Gasteiger partial charge in [0, 0.05) is 18.9 Å². The Kier molecular flexibility index (Phi) is 6.59. The van der Waals surface area contributed by atoms with Crippen LogP contribution in [0, 0.1) is 0 Å². The highest BCUT2D eigenvalue weighted by Gasteiger charge is 2.04. The van der Waals surface area contributed by atoms with Crippen LogP contribution in [0.1, 0.15) is 21.5 Å². The molecule has 3 aromatic rings. The van der Waals surface area contributed by atoms with Gasteiger partial charge in [-0.1, -0.05) is 30.3 Å². The van der Waals surface area contributed by atoms with Crippen molar-refractivity contribution in [3.05, 3.63) is 89.5 Å². The zero-order chi connectivity index (χ0) is 19.8. The predicted octanol–water partition coefficient (Wildman–Crippen LogP) is 3.89. The van der Waals surface area contributed by atoms with Gasteiger partial charge in [0.15, 0.2) is 0 Å². The molecule has 1 N–H and O–H groups in total. The van der Waals surface area contributed by atoms with Crippen molar-refractivity contribution in [3.8, 4) is 5.75 Å². The van der Waals surface area contributed by atoms with E-state index in [1.165, 1.54) is 0 Å². The summed E-state index contributed by atoms with van der Waals surface area (Å²) in [5.41, 5.74) is 3.31. The van der Waals surface area contributed by atoms with E-state index < -0.39 is 5.97 Å². The minimum absolute atomic E-state index is 0.268. The van der Waals surface area contributed by atoms with Gasteiger partial charge in [-0.05, 0) is 41.0 Å². The monoisotopic (exact) mass is 378 g/mol. The number of ether oxygens (including phenoxy) is 2. The number of carboxylic acid groups (broad SMARTS) is 1. The van der Waals surface area contributed by atoms with Crippen LogP contribution in [0.5, 0.6) is 5.75 Å². The van der Waals surface area contributed by atoms with Crippen LogP contribution in [-0.2, 0) is 17.9 Å². The standard InChI is InChI=1S/C22H22N2O4/c1-27-21-8-4-18(5-9-21)14-28-15-19(13-24-11-10-23-16-24)12-17-2-6-20(7-3-17)22(25)26/h2-12,16H,13-15H2,1H3,(H,25,26). The quantitative estimate of drug-likeness (QED) is 0.611. The minimum Gasteiger partial charge on any atom is -0.497 e. The number of rotatable bonds is 9. The van der Waals surface area contributed by atoms with Crippen LogP contribution in [0.4, 0.5) is 0 Å². The van der Waals surface area contributed by atoms with E-state index in [2.05, 4.69) is 4.98 Å². The molecule has 6 nitrogen and oxygen atoms in total. The molecule has 144 valence electrons. The molecule has 0 saturated heterocycles. The van der Waals surface area contributed by atoms with E-state index in [1.54, 1.807) is 43.9 Å². The fraction of sp³-hybridized carbons (Fsp3) is 0.182. The lowest BCUT2D eigenvalue weighted by atomic mass is 10.1. The maximum Gasteiger partial charge on any atom is 0.335 e.